The number of rotatable bonds is 6. The van der Waals surface area contributed by atoms with E-state index in [1.165, 1.54) is 11.3 Å². The number of aryl methyl sites for hydroxylation is 1. The Labute approximate surface area is 123 Å². The van der Waals surface area contributed by atoms with Crippen LogP contribution in [-0.2, 0) is 17.1 Å². The first kappa shape index (κ1) is 15.2. The number of likely N-dealkylation sites (N-methyl/N-ethyl adjacent to an activating group) is 1. The van der Waals surface area contributed by atoms with Crippen LogP contribution in [0.5, 0.6) is 0 Å². The molecule has 0 bridgehead atoms. The summed E-state index contributed by atoms with van der Waals surface area (Å²) in [5.74, 6) is 0. The summed E-state index contributed by atoms with van der Waals surface area (Å²) in [5.41, 5.74) is 1.07. The predicted octanol–water partition coefficient (Wildman–Crippen LogP) is 1.67. The zero-order valence-corrected chi connectivity index (χ0v) is 13.4. The van der Waals surface area contributed by atoms with Crippen LogP contribution in [-0.4, -0.2) is 38.5 Å². The highest BCUT2D eigenvalue weighted by atomic mass is 32.2. The lowest BCUT2D eigenvalue weighted by Gasteiger charge is -2.25. The van der Waals surface area contributed by atoms with Gasteiger partial charge in [0.15, 0.2) is 0 Å². The van der Waals surface area contributed by atoms with Crippen molar-refractivity contribution < 1.29 is 8.42 Å². The first-order valence-corrected chi connectivity index (χ1v) is 8.59. The Morgan fingerprint density at radius 1 is 1.35 bits per heavy atom. The molecule has 0 aromatic carbocycles. The number of sulfonamides is 1. The zero-order valence-electron chi connectivity index (χ0n) is 11.8. The SMILES string of the molecule is CN(C)[C@@H](CNS(=O)(=O)c1cccs1)c1cccn1C. The third kappa shape index (κ3) is 3.29. The van der Waals surface area contributed by atoms with Crippen molar-refractivity contribution in [2.45, 2.75) is 10.3 Å². The standard InChI is InChI=1S/C13H19N3O2S2/c1-15(2)12(11-6-4-8-16(11)3)10-14-20(17,18)13-7-5-9-19-13/h4-9,12,14H,10H2,1-3H3/t12-/m0/s1. The van der Waals surface area contributed by atoms with E-state index in [2.05, 4.69) is 4.72 Å². The van der Waals surface area contributed by atoms with Crippen LogP contribution in [0.1, 0.15) is 11.7 Å². The summed E-state index contributed by atoms with van der Waals surface area (Å²) in [6.07, 6.45) is 1.96. The first-order valence-electron chi connectivity index (χ1n) is 6.22. The Bertz CT molecular complexity index is 645. The molecule has 2 rings (SSSR count). The second kappa shape index (κ2) is 6.09. The molecule has 0 unspecified atom stereocenters. The second-order valence-electron chi connectivity index (χ2n) is 4.81. The minimum atomic E-state index is -3.42. The van der Waals surface area contributed by atoms with Crippen molar-refractivity contribution in [3.63, 3.8) is 0 Å². The van der Waals surface area contributed by atoms with Crippen LogP contribution in [0.25, 0.3) is 0 Å². The topological polar surface area (TPSA) is 54.3 Å². The summed E-state index contributed by atoms with van der Waals surface area (Å²) < 4.78 is 29.3. The highest BCUT2D eigenvalue weighted by molar-refractivity contribution is 7.91. The van der Waals surface area contributed by atoms with Gasteiger partial charge >= 0.3 is 0 Å². The molecule has 1 atom stereocenters. The van der Waals surface area contributed by atoms with E-state index in [0.717, 1.165) is 5.69 Å². The molecular formula is C13H19N3O2S2. The third-order valence-electron chi connectivity index (χ3n) is 3.18. The molecule has 0 saturated heterocycles. The maximum Gasteiger partial charge on any atom is 0.250 e. The molecule has 0 saturated carbocycles. The van der Waals surface area contributed by atoms with Gasteiger partial charge in [-0.15, -0.1) is 11.3 Å². The molecule has 0 aliphatic rings. The lowest BCUT2D eigenvalue weighted by atomic mass is 10.2. The van der Waals surface area contributed by atoms with Crippen LogP contribution in [0.2, 0.25) is 0 Å². The van der Waals surface area contributed by atoms with Crippen molar-refractivity contribution in [3.05, 3.63) is 41.5 Å². The molecule has 2 aromatic rings. The molecule has 0 fully saturated rings. The van der Waals surface area contributed by atoms with Crippen LogP contribution >= 0.6 is 11.3 Å². The maximum atomic E-state index is 12.1. The molecule has 0 aliphatic carbocycles. The van der Waals surface area contributed by atoms with Gasteiger partial charge in [0.05, 0.1) is 6.04 Å². The van der Waals surface area contributed by atoms with Crippen LogP contribution in [0.15, 0.2) is 40.1 Å². The van der Waals surface area contributed by atoms with Crippen LogP contribution < -0.4 is 4.72 Å². The number of nitrogens with zero attached hydrogens (tertiary/aromatic N) is 2. The quantitative estimate of drug-likeness (QED) is 0.882. The zero-order chi connectivity index (χ0) is 14.8. The van der Waals surface area contributed by atoms with E-state index in [-0.39, 0.29) is 6.04 Å². The average molecular weight is 313 g/mol. The van der Waals surface area contributed by atoms with Crippen molar-refractivity contribution in [3.8, 4) is 0 Å². The molecule has 110 valence electrons. The van der Waals surface area contributed by atoms with E-state index in [1.807, 2.05) is 48.9 Å². The third-order valence-corrected chi connectivity index (χ3v) is 6.00. The van der Waals surface area contributed by atoms with Gasteiger partial charge in [-0.05, 0) is 37.7 Å². The van der Waals surface area contributed by atoms with Crippen molar-refractivity contribution >= 4 is 21.4 Å². The molecular weight excluding hydrogens is 294 g/mol. The molecule has 2 aromatic heterocycles. The van der Waals surface area contributed by atoms with E-state index in [1.54, 1.807) is 17.5 Å². The molecule has 0 spiro atoms. The molecule has 0 amide bonds. The Balaban J connectivity index is 2.13. The fraction of sp³-hybridized carbons (Fsp3) is 0.385. The lowest BCUT2D eigenvalue weighted by molar-refractivity contribution is 0.289. The fourth-order valence-corrected chi connectivity index (χ4v) is 4.12. The number of hydrogen-bond acceptors (Lipinski definition) is 4. The van der Waals surface area contributed by atoms with Crippen LogP contribution in [0.4, 0.5) is 0 Å². The summed E-state index contributed by atoms with van der Waals surface area (Å²) in [6, 6.07) is 7.30. The summed E-state index contributed by atoms with van der Waals surface area (Å²) >= 11 is 1.22. The van der Waals surface area contributed by atoms with Gasteiger partial charge in [-0.25, -0.2) is 13.1 Å². The summed E-state index contributed by atoms with van der Waals surface area (Å²) in [7, 11) is 2.42. The molecule has 0 radical (unpaired) electrons. The molecule has 20 heavy (non-hydrogen) atoms. The Morgan fingerprint density at radius 2 is 2.10 bits per heavy atom. The van der Waals surface area contributed by atoms with Gasteiger partial charge in [0.25, 0.3) is 0 Å². The van der Waals surface area contributed by atoms with Gasteiger partial charge in [-0.2, -0.15) is 0 Å². The number of hydrogen-bond donors (Lipinski definition) is 1. The monoisotopic (exact) mass is 313 g/mol. The molecule has 7 heteroatoms. The van der Waals surface area contributed by atoms with Gasteiger partial charge in [-0.1, -0.05) is 6.07 Å². The molecule has 5 nitrogen and oxygen atoms in total. The van der Waals surface area contributed by atoms with E-state index in [9.17, 15) is 8.42 Å². The fourth-order valence-electron chi connectivity index (χ4n) is 2.05. The summed E-state index contributed by atoms with van der Waals surface area (Å²) in [5, 5.41) is 1.76. The summed E-state index contributed by atoms with van der Waals surface area (Å²) in [4.78, 5) is 2.01. The second-order valence-corrected chi connectivity index (χ2v) is 7.75. The Morgan fingerprint density at radius 3 is 2.60 bits per heavy atom. The molecule has 0 aliphatic heterocycles. The van der Waals surface area contributed by atoms with Crippen molar-refractivity contribution in [1.82, 2.24) is 14.2 Å². The molecule has 2 heterocycles. The number of nitrogens with one attached hydrogen (secondary N) is 1. The van der Waals surface area contributed by atoms with Crippen molar-refractivity contribution in [2.24, 2.45) is 7.05 Å². The Hall–Kier alpha value is -1.15. The van der Waals surface area contributed by atoms with E-state index < -0.39 is 10.0 Å². The summed E-state index contributed by atoms with van der Waals surface area (Å²) in [6.45, 7) is 0.338. The number of aromatic nitrogens is 1. The van der Waals surface area contributed by atoms with Crippen molar-refractivity contribution in [2.75, 3.05) is 20.6 Å². The molecule has 1 N–H and O–H groups in total. The van der Waals surface area contributed by atoms with Crippen molar-refractivity contribution in [1.29, 1.82) is 0 Å². The normalized spacial score (nSPS) is 13.8. The minimum absolute atomic E-state index is 0.00950. The lowest BCUT2D eigenvalue weighted by Crippen LogP contribution is -2.35. The smallest absolute Gasteiger partial charge is 0.250 e. The van der Waals surface area contributed by atoms with Gasteiger partial charge in [0.2, 0.25) is 10.0 Å². The largest absolute Gasteiger partial charge is 0.353 e. The average Bonchev–Trinajstić information content (AvgIpc) is 3.01. The van der Waals surface area contributed by atoms with Gasteiger partial charge < -0.3 is 4.57 Å². The minimum Gasteiger partial charge on any atom is -0.353 e. The van der Waals surface area contributed by atoms with Crippen LogP contribution in [0, 0.1) is 0 Å². The highest BCUT2D eigenvalue weighted by Gasteiger charge is 2.21. The van der Waals surface area contributed by atoms with E-state index in [4.69, 9.17) is 0 Å². The number of thiophene rings is 1. The van der Waals surface area contributed by atoms with Gasteiger partial charge in [0.1, 0.15) is 4.21 Å². The maximum absolute atomic E-state index is 12.1. The first-order chi connectivity index (χ1) is 9.42. The predicted molar refractivity (Wildman–Crippen MR) is 81.3 cm³/mol. The van der Waals surface area contributed by atoms with E-state index in [0.29, 0.717) is 10.8 Å². The van der Waals surface area contributed by atoms with Gasteiger partial charge in [-0.3, -0.25) is 4.90 Å². The van der Waals surface area contributed by atoms with Gasteiger partial charge in [0, 0.05) is 25.5 Å². The Kier molecular flexibility index (Phi) is 4.64. The highest BCUT2D eigenvalue weighted by Crippen LogP contribution is 2.20. The van der Waals surface area contributed by atoms with E-state index >= 15 is 0 Å². The van der Waals surface area contributed by atoms with Crippen LogP contribution in [0.3, 0.4) is 0 Å².